The summed E-state index contributed by atoms with van der Waals surface area (Å²) in [7, 11) is 0. The largest absolute Gasteiger partial charge is 0.369 e. The molecule has 0 unspecified atom stereocenters. The van der Waals surface area contributed by atoms with E-state index in [0.29, 0.717) is 0 Å². The van der Waals surface area contributed by atoms with Crippen LogP contribution < -0.4 is 16.2 Å². The number of aromatic nitrogens is 1. The van der Waals surface area contributed by atoms with Gasteiger partial charge in [0, 0.05) is 49.5 Å². The van der Waals surface area contributed by atoms with Crippen molar-refractivity contribution < 1.29 is 4.39 Å². The molecular weight excluding hydrogens is 289 g/mol. The molecule has 1 aliphatic rings. The van der Waals surface area contributed by atoms with Gasteiger partial charge in [-0.3, -0.25) is 10.3 Å². The van der Waals surface area contributed by atoms with E-state index in [4.69, 9.17) is 5.84 Å². The van der Waals surface area contributed by atoms with Gasteiger partial charge < -0.3 is 4.90 Å². The molecule has 3 N–H and O–H groups in total. The van der Waals surface area contributed by atoms with Crippen LogP contribution in [-0.4, -0.2) is 36.1 Å². The molecule has 1 aliphatic heterocycles. The first-order valence-corrected chi connectivity index (χ1v) is 7.70. The van der Waals surface area contributed by atoms with Crippen molar-refractivity contribution in [2.24, 2.45) is 5.84 Å². The lowest BCUT2D eigenvalue weighted by atomic mass is 10.2. The van der Waals surface area contributed by atoms with Crippen LogP contribution in [0.1, 0.15) is 4.88 Å². The smallest absolute Gasteiger partial charge is 0.197 e. The van der Waals surface area contributed by atoms with Gasteiger partial charge in [-0.1, -0.05) is 11.3 Å². The van der Waals surface area contributed by atoms with E-state index in [9.17, 15) is 4.39 Å². The molecule has 7 heteroatoms. The van der Waals surface area contributed by atoms with Gasteiger partial charge in [-0.2, -0.15) is 0 Å². The zero-order valence-corrected chi connectivity index (χ0v) is 12.4. The van der Waals surface area contributed by atoms with Crippen molar-refractivity contribution in [2.75, 3.05) is 36.5 Å². The van der Waals surface area contributed by atoms with Crippen molar-refractivity contribution in [3.63, 3.8) is 0 Å². The number of hydrogen-bond donors (Lipinski definition) is 2. The third-order valence-electron chi connectivity index (χ3n) is 3.62. The zero-order valence-electron chi connectivity index (χ0n) is 11.6. The third kappa shape index (κ3) is 3.49. The molecule has 0 atom stereocenters. The molecule has 0 aliphatic carbocycles. The molecule has 2 heterocycles. The summed E-state index contributed by atoms with van der Waals surface area (Å²) >= 11 is 1.58. The summed E-state index contributed by atoms with van der Waals surface area (Å²) in [4.78, 5) is 10.1. The Hall–Kier alpha value is -1.70. The van der Waals surface area contributed by atoms with Crippen molar-refractivity contribution in [1.82, 2.24) is 9.88 Å². The average molecular weight is 307 g/mol. The van der Waals surface area contributed by atoms with Gasteiger partial charge in [-0.05, 0) is 24.3 Å². The first kappa shape index (κ1) is 14.2. The van der Waals surface area contributed by atoms with Crippen molar-refractivity contribution in [1.29, 1.82) is 0 Å². The van der Waals surface area contributed by atoms with Crippen LogP contribution in [0.3, 0.4) is 0 Å². The molecule has 3 rings (SSSR count). The highest BCUT2D eigenvalue weighted by Crippen LogP contribution is 2.21. The number of nitrogens with zero attached hydrogens (tertiary/aromatic N) is 3. The Labute approximate surface area is 127 Å². The number of benzene rings is 1. The maximum absolute atomic E-state index is 12.9. The summed E-state index contributed by atoms with van der Waals surface area (Å²) in [6.45, 7) is 4.77. The minimum Gasteiger partial charge on any atom is -0.369 e. The van der Waals surface area contributed by atoms with Gasteiger partial charge in [0.2, 0.25) is 0 Å². The van der Waals surface area contributed by atoms with Crippen molar-refractivity contribution in [3.05, 3.63) is 41.2 Å². The van der Waals surface area contributed by atoms with Crippen LogP contribution >= 0.6 is 11.3 Å². The van der Waals surface area contributed by atoms with E-state index in [0.717, 1.165) is 43.5 Å². The van der Waals surface area contributed by atoms with Gasteiger partial charge in [0.05, 0.1) is 0 Å². The standard InChI is InChI=1S/C14H18FN5S/c15-11-1-3-12(4-2-11)20-7-5-19(6-8-20)10-13-9-17-14(18-16)21-13/h1-4,9H,5-8,10,16H2,(H,17,18). The number of halogens is 1. The number of nitrogens with two attached hydrogens (primary N) is 1. The van der Waals surface area contributed by atoms with E-state index in [1.807, 2.05) is 18.3 Å². The second kappa shape index (κ2) is 6.38. The Balaban J connectivity index is 1.54. The number of hydrazine groups is 1. The quantitative estimate of drug-likeness (QED) is 0.667. The van der Waals surface area contributed by atoms with Crippen molar-refractivity contribution >= 4 is 22.2 Å². The predicted octanol–water partition coefficient (Wildman–Crippen LogP) is 1.89. The molecule has 21 heavy (non-hydrogen) atoms. The maximum Gasteiger partial charge on any atom is 0.197 e. The van der Waals surface area contributed by atoms with Crippen LogP contribution in [0.2, 0.25) is 0 Å². The second-order valence-electron chi connectivity index (χ2n) is 5.02. The number of piperazine rings is 1. The fourth-order valence-corrected chi connectivity index (χ4v) is 3.25. The van der Waals surface area contributed by atoms with Crippen molar-refractivity contribution in [3.8, 4) is 0 Å². The van der Waals surface area contributed by atoms with E-state index in [1.54, 1.807) is 11.3 Å². The monoisotopic (exact) mass is 307 g/mol. The van der Waals surface area contributed by atoms with Crippen LogP contribution in [0.5, 0.6) is 0 Å². The topological polar surface area (TPSA) is 57.4 Å². The van der Waals surface area contributed by atoms with Crippen LogP contribution in [0.15, 0.2) is 30.5 Å². The molecule has 1 fully saturated rings. The van der Waals surface area contributed by atoms with Crippen molar-refractivity contribution in [2.45, 2.75) is 6.54 Å². The molecule has 0 bridgehead atoms. The SMILES string of the molecule is NNc1ncc(CN2CCN(c3ccc(F)cc3)CC2)s1. The molecule has 0 saturated carbocycles. The van der Waals surface area contributed by atoms with Crippen LogP contribution in [0.4, 0.5) is 15.2 Å². The highest BCUT2D eigenvalue weighted by molar-refractivity contribution is 7.15. The van der Waals surface area contributed by atoms with E-state index in [2.05, 4.69) is 20.2 Å². The molecule has 1 aromatic carbocycles. The Kier molecular flexibility index (Phi) is 4.33. The summed E-state index contributed by atoms with van der Waals surface area (Å²) in [6, 6.07) is 6.71. The summed E-state index contributed by atoms with van der Waals surface area (Å²) in [5.74, 6) is 5.15. The molecule has 0 spiro atoms. The number of thiazole rings is 1. The number of rotatable bonds is 4. The fraction of sp³-hybridized carbons (Fsp3) is 0.357. The Morgan fingerprint density at radius 3 is 2.52 bits per heavy atom. The minimum atomic E-state index is -0.188. The van der Waals surface area contributed by atoms with E-state index < -0.39 is 0 Å². The number of nitrogen functional groups attached to an aromatic ring is 1. The molecule has 0 radical (unpaired) electrons. The van der Waals surface area contributed by atoms with Crippen LogP contribution in [-0.2, 0) is 6.54 Å². The lowest BCUT2D eigenvalue weighted by Crippen LogP contribution is -2.45. The van der Waals surface area contributed by atoms with E-state index >= 15 is 0 Å². The molecule has 5 nitrogen and oxygen atoms in total. The van der Waals surface area contributed by atoms with Crippen LogP contribution in [0.25, 0.3) is 0 Å². The summed E-state index contributed by atoms with van der Waals surface area (Å²) in [5, 5.41) is 0.745. The zero-order chi connectivity index (χ0) is 14.7. The number of hydrogen-bond acceptors (Lipinski definition) is 6. The average Bonchev–Trinajstić information content (AvgIpc) is 2.97. The molecular formula is C14H18FN5S. The highest BCUT2D eigenvalue weighted by atomic mass is 32.1. The van der Waals surface area contributed by atoms with Gasteiger partial charge in [0.25, 0.3) is 0 Å². The summed E-state index contributed by atoms with van der Waals surface area (Å²) in [6.07, 6.45) is 1.87. The van der Waals surface area contributed by atoms with Gasteiger partial charge >= 0.3 is 0 Å². The molecule has 1 aromatic heterocycles. The molecule has 112 valence electrons. The third-order valence-corrected chi connectivity index (χ3v) is 4.53. The highest BCUT2D eigenvalue weighted by Gasteiger charge is 2.18. The molecule has 2 aromatic rings. The molecule has 0 amide bonds. The predicted molar refractivity (Wildman–Crippen MR) is 83.8 cm³/mol. The van der Waals surface area contributed by atoms with Gasteiger partial charge in [0.15, 0.2) is 5.13 Å². The molecule has 1 saturated heterocycles. The van der Waals surface area contributed by atoms with Gasteiger partial charge in [-0.15, -0.1) is 0 Å². The lowest BCUT2D eigenvalue weighted by molar-refractivity contribution is 0.252. The Bertz CT molecular complexity index is 577. The second-order valence-corrected chi connectivity index (χ2v) is 6.13. The Morgan fingerprint density at radius 1 is 1.19 bits per heavy atom. The normalized spacial score (nSPS) is 16.2. The number of nitrogens with one attached hydrogen (secondary N) is 1. The number of anilines is 2. The van der Waals surface area contributed by atoms with Gasteiger partial charge in [0.1, 0.15) is 5.82 Å². The summed E-state index contributed by atoms with van der Waals surface area (Å²) in [5.41, 5.74) is 3.65. The Morgan fingerprint density at radius 2 is 1.90 bits per heavy atom. The first-order chi connectivity index (χ1) is 10.2. The fourth-order valence-electron chi connectivity index (χ4n) is 2.48. The summed E-state index contributed by atoms with van der Waals surface area (Å²) < 4.78 is 12.9. The lowest BCUT2D eigenvalue weighted by Gasteiger charge is -2.35. The van der Waals surface area contributed by atoms with E-state index in [1.165, 1.54) is 17.0 Å². The van der Waals surface area contributed by atoms with E-state index in [-0.39, 0.29) is 5.82 Å². The van der Waals surface area contributed by atoms with Gasteiger partial charge in [-0.25, -0.2) is 15.2 Å². The maximum atomic E-state index is 12.9. The minimum absolute atomic E-state index is 0.188. The first-order valence-electron chi connectivity index (χ1n) is 6.89. The van der Waals surface area contributed by atoms with Crippen LogP contribution in [0, 0.1) is 5.82 Å².